The summed E-state index contributed by atoms with van der Waals surface area (Å²) in [6, 6.07) is 0.136. The van der Waals surface area contributed by atoms with Gasteiger partial charge in [-0.25, -0.2) is 8.78 Å². The molecule has 1 atom stereocenters. The molecule has 0 rings (SSSR count). The molecule has 0 aliphatic heterocycles. The Kier molecular flexibility index (Phi) is 7.80. The molecule has 0 spiro atoms. The van der Waals surface area contributed by atoms with Crippen LogP contribution in [0.2, 0.25) is 0 Å². The highest BCUT2D eigenvalue weighted by molar-refractivity contribution is 4.69. The molecule has 0 fully saturated rings. The molecule has 5 heteroatoms. The number of hydrazine groups is 1. The first-order chi connectivity index (χ1) is 7.35. The van der Waals surface area contributed by atoms with E-state index in [1.54, 1.807) is 0 Å². The van der Waals surface area contributed by atoms with Crippen LogP contribution in [0.25, 0.3) is 0 Å². The van der Waals surface area contributed by atoms with E-state index in [9.17, 15) is 8.78 Å². The average molecular weight is 238 g/mol. The molecule has 3 N–H and O–H groups in total. The summed E-state index contributed by atoms with van der Waals surface area (Å²) in [5.74, 6) is 5.39. The third-order valence-corrected chi connectivity index (χ3v) is 2.33. The summed E-state index contributed by atoms with van der Waals surface area (Å²) in [7, 11) is 0. The van der Waals surface area contributed by atoms with Gasteiger partial charge in [-0.05, 0) is 24.7 Å². The van der Waals surface area contributed by atoms with Gasteiger partial charge < -0.3 is 4.74 Å². The second kappa shape index (κ2) is 7.92. The average Bonchev–Trinajstić information content (AvgIpc) is 2.15. The maximum Gasteiger partial charge on any atom is 0.261 e. The van der Waals surface area contributed by atoms with Crippen molar-refractivity contribution in [2.75, 3.05) is 13.2 Å². The van der Waals surface area contributed by atoms with E-state index in [2.05, 4.69) is 26.2 Å². The van der Waals surface area contributed by atoms with Crippen LogP contribution in [0.4, 0.5) is 8.78 Å². The molecule has 3 nitrogen and oxygen atoms in total. The third kappa shape index (κ3) is 10.3. The van der Waals surface area contributed by atoms with Crippen molar-refractivity contribution in [3.05, 3.63) is 0 Å². The number of nitrogens with one attached hydrogen (secondary N) is 1. The van der Waals surface area contributed by atoms with E-state index in [0.717, 1.165) is 12.8 Å². The van der Waals surface area contributed by atoms with E-state index in [4.69, 9.17) is 10.6 Å². The lowest BCUT2D eigenvalue weighted by molar-refractivity contribution is 0.0140. The lowest BCUT2D eigenvalue weighted by Crippen LogP contribution is -2.36. The van der Waals surface area contributed by atoms with Crippen molar-refractivity contribution in [1.82, 2.24) is 5.43 Å². The fraction of sp³-hybridized carbons (Fsp3) is 1.00. The van der Waals surface area contributed by atoms with Crippen molar-refractivity contribution in [2.24, 2.45) is 11.3 Å². The molecular weight excluding hydrogens is 214 g/mol. The molecule has 0 radical (unpaired) electrons. The Hall–Kier alpha value is -0.260. The molecule has 98 valence electrons. The summed E-state index contributed by atoms with van der Waals surface area (Å²) >= 11 is 0. The van der Waals surface area contributed by atoms with Crippen LogP contribution < -0.4 is 11.3 Å². The Morgan fingerprint density at radius 2 is 1.88 bits per heavy atom. The zero-order valence-electron chi connectivity index (χ0n) is 10.4. The zero-order valence-corrected chi connectivity index (χ0v) is 10.4. The molecule has 0 heterocycles. The number of hydrogen-bond acceptors (Lipinski definition) is 3. The molecule has 0 saturated carbocycles. The predicted octanol–water partition coefficient (Wildman–Crippen LogP) is 2.32. The van der Waals surface area contributed by atoms with Crippen LogP contribution in [0.1, 0.15) is 40.0 Å². The zero-order chi connectivity index (χ0) is 12.6. The number of alkyl halides is 2. The quantitative estimate of drug-likeness (QED) is 0.387. The highest BCUT2D eigenvalue weighted by Crippen LogP contribution is 2.22. The standard InChI is InChI=1S/C11H24F2N2O/c1-11(2,3)6-4-9(15-14)5-7-16-8-10(12)13/h9-10,15H,4-8,14H2,1-3H3. The van der Waals surface area contributed by atoms with Crippen molar-refractivity contribution in [3.63, 3.8) is 0 Å². The van der Waals surface area contributed by atoms with Crippen LogP contribution in [-0.2, 0) is 4.74 Å². The number of nitrogens with two attached hydrogens (primary N) is 1. The molecule has 0 bridgehead atoms. The maximum atomic E-state index is 11.8. The van der Waals surface area contributed by atoms with E-state index in [-0.39, 0.29) is 11.5 Å². The Morgan fingerprint density at radius 1 is 1.25 bits per heavy atom. The van der Waals surface area contributed by atoms with Crippen molar-refractivity contribution in [2.45, 2.75) is 52.5 Å². The summed E-state index contributed by atoms with van der Waals surface area (Å²) in [5, 5.41) is 0. The molecule has 0 saturated heterocycles. The van der Waals surface area contributed by atoms with Crippen LogP contribution >= 0.6 is 0 Å². The SMILES string of the molecule is CC(C)(C)CCC(CCOCC(F)F)NN. The number of ether oxygens (including phenoxy) is 1. The lowest BCUT2D eigenvalue weighted by Gasteiger charge is -2.22. The molecule has 0 amide bonds. The topological polar surface area (TPSA) is 47.3 Å². The Morgan fingerprint density at radius 3 is 2.31 bits per heavy atom. The van der Waals surface area contributed by atoms with E-state index < -0.39 is 13.0 Å². The Labute approximate surface area is 96.7 Å². The molecule has 0 aliphatic carbocycles. The molecule has 0 aromatic heterocycles. The first kappa shape index (κ1) is 15.7. The normalized spacial score (nSPS) is 14.4. The van der Waals surface area contributed by atoms with E-state index >= 15 is 0 Å². The minimum atomic E-state index is -2.39. The van der Waals surface area contributed by atoms with E-state index in [0.29, 0.717) is 13.0 Å². The summed E-state index contributed by atoms with van der Waals surface area (Å²) in [4.78, 5) is 0. The largest absolute Gasteiger partial charge is 0.375 e. The van der Waals surface area contributed by atoms with Gasteiger partial charge in [-0.1, -0.05) is 20.8 Å². The van der Waals surface area contributed by atoms with Gasteiger partial charge in [0.05, 0.1) is 0 Å². The van der Waals surface area contributed by atoms with Crippen LogP contribution in [0.5, 0.6) is 0 Å². The van der Waals surface area contributed by atoms with Crippen LogP contribution in [0.3, 0.4) is 0 Å². The highest BCUT2D eigenvalue weighted by Gasteiger charge is 2.14. The first-order valence-electron chi connectivity index (χ1n) is 5.67. The smallest absolute Gasteiger partial charge is 0.261 e. The minimum Gasteiger partial charge on any atom is -0.375 e. The monoisotopic (exact) mass is 238 g/mol. The van der Waals surface area contributed by atoms with Crippen LogP contribution in [0.15, 0.2) is 0 Å². The molecule has 16 heavy (non-hydrogen) atoms. The van der Waals surface area contributed by atoms with Crippen molar-refractivity contribution in [1.29, 1.82) is 0 Å². The van der Waals surface area contributed by atoms with Crippen LogP contribution in [-0.4, -0.2) is 25.7 Å². The van der Waals surface area contributed by atoms with Gasteiger partial charge in [0.2, 0.25) is 0 Å². The van der Waals surface area contributed by atoms with E-state index in [1.807, 2.05) is 0 Å². The van der Waals surface area contributed by atoms with Gasteiger partial charge in [0.15, 0.2) is 0 Å². The first-order valence-corrected chi connectivity index (χ1v) is 5.67. The minimum absolute atomic E-state index is 0.136. The summed E-state index contributed by atoms with van der Waals surface area (Å²) < 4.78 is 28.4. The fourth-order valence-corrected chi connectivity index (χ4v) is 1.32. The van der Waals surface area contributed by atoms with Gasteiger partial charge in [-0.2, -0.15) is 0 Å². The number of hydrogen-bond donors (Lipinski definition) is 2. The Bertz CT molecular complexity index is 172. The van der Waals surface area contributed by atoms with Gasteiger partial charge in [-0.3, -0.25) is 11.3 Å². The molecule has 0 aromatic rings. The third-order valence-electron chi connectivity index (χ3n) is 2.33. The lowest BCUT2D eigenvalue weighted by atomic mass is 9.88. The fourth-order valence-electron chi connectivity index (χ4n) is 1.32. The van der Waals surface area contributed by atoms with Gasteiger partial charge >= 0.3 is 0 Å². The highest BCUT2D eigenvalue weighted by atomic mass is 19.3. The Balaban J connectivity index is 3.59. The summed E-state index contributed by atoms with van der Waals surface area (Å²) in [5.41, 5.74) is 2.96. The maximum absolute atomic E-state index is 11.8. The molecule has 0 aromatic carbocycles. The van der Waals surface area contributed by atoms with E-state index in [1.165, 1.54) is 0 Å². The van der Waals surface area contributed by atoms with Crippen molar-refractivity contribution >= 4 is 0 Å². The summed E-state index contributed by atoms with van der Waals surface area (Å²) in [6.07, 6.45) is 0.243. The number of halogens is 2. The molecular formula is C11H24F2N2O. The second-order valence-corrected chi connectivity index (χ2v) is 5.22. The second-order valence-electron chi connectivity index (χ2n) is 5.22. The molecule has 0 aliphatic rings. The van der Waals surface area contributed by atoms with Crippen molar-refractivity contribution in [3.8, 4) is 0 Å². The molecule has 1 unspecified atom stereocenters. The van der Waals surface area contributed by atoms with Crippen molar-refractivity contribution < 1.29 is 13.5 Å². The van der Waals surface area contributed by atoms with Gasteiger partial charge in [0.1, 0.15) is 6.61 Å². The van der Waals surface area contributed by atoms with Crippen LogP contribution in [0, 0.1) is 5.41 Å². The van der Waals surface area contributed by atoms with Gasteiger partial charge in [-0.15, -0.1) is 0 Å². The van der Waals surface area contributed by atoms with Gasteiger partial charge in [0, 0.05) is 12.6 Å². The summed E-state index contributed by atoms with van der Waals surface area (Å²) in [6.45, 7) is 6.32. The van der Waals surface area contributed by atoms with Gasteiger partial charge in [0.25, 0.3) is 6.43 Å². The number of rotatable bonds is 8. The predicted molar refractivity (Wildman–Crippen MR) is 61.2 cm³/mol.